The Kier molecular flexibility index (Phi) is 3.18. The van der Waals surface area contributed by atoms with E-state index in [-0.39, 0.29) is 11.3 Å². The summed E-state index contributed by atoms with van der Waals surface area (Å²) in [6.45, 7) is 1.81. The summed E-state index contributed by atoms with van der Waals surface area (Å²) >= 11 is 0. The Bertz CT molecular complexity index is 578. The molecule has 3 N–H and O–H groups in total. The largest absolute Gasteiger partial charge is 0.507 e. The number of ether oxygens (including phenoxy) is 1. The van der Waals surface area contributed by atoms with Gasteiger partial charge in [0.15, 0.2) is 0 Å². The summed E-state index contributed by atoms with van der Waals surface area (Å²) in [7, 11) is 1.49. The van der Waals surface area contributed by atoms with Gasteiger partial charge in [0.25, 0.3) is 5.91 Å². The minimum absolute atomic E-state index is 0.135. The molecule has 0 saturated heterocycles. The van der Waals surface area contributed by atoms with Crippen molar-refractivity contribution < 1.29 is 14.6 Å². The van der Waals surface area contributed by atoms with E-state index in [0.29, 0.717) is 11.6 Å². The van der Waals surface area contributed by atoms with Gasteiger partial charge in [-0.2, -0.15) is 5.10 Å². The van der Waals surface area contributed by atoms with E-state index in [1.165, 1.54) is 19.2 Å². The molecule has 6 nitrogen and oxygen atoms in total. The van der Waals surface area contributed by atoms with Crippen molar-refractivity contribution >= 4 is 11.7 Å². The molecule has 6 heteroatoms. The lowest BCUT2D eigenvalue weighted by atomic mass is 10.1. The molecule has 0 bridgehead atoms. The lowest BCUT2D eigenvalue weighted by molar-refractivity contribution is 0.102. The van der Waals surface area contributed by atoms with Crippen LogP contribution in [0.2, 0.25) is 0 Å². The number of aromatic amines is 1. The molecule has 1 heterocycles. The summed E-state index contributed by atoms with van der Waals surface area (Å²) in [6.07, 6.45) is 1.60. The Balaban J connectivity index is 2.22. The highest BCUT2D eigenvalue weighted by Crippen LogP contribution is 2.24. The van der Waals surface area contributed by atoms with Crippen molar-refractivity contribution in [3.8, 4) is 11.5 Å². The summed E-state index contributed by atoms with van der Waals surface area (Å²) in [5.41, 5.74) is 0.987. The number of nitrogens with zero attached hydrogens (tertiary/aromatic N) is 1. The molecule has 2 aromatic rings. The third kappa shape index (κ3) is 2.27. The van der Waals surface area contributed by atoms with Crippen molar-refractivity contribution in [2.45, 2.75) is 6.92 Å². The van der Waals surface area contributed by atoms with Gasteiger partial charge in [-0.25, -0.2) is 0 Å². The van der Waals surface area contributed by atoms with Gasteiger partial charge in [-0.05, 0) is 19.1 Å². The van der Waals surface area contributed by atoms with Crippen LogP contribution in [0.15, 0.2) is 24.4 Å². The summed E-state index contributed by atoms with van der Waals surface area (Å²) in [5, 5.41) is 18.8. The molecule has 2 rings (SSSR count). The number of phenolic OH excluding ortho intramolecular Hbond substituents is 1. The lowest BCUT2D eigenvalue weighted by Gasteiger charge is -2.07. The SMILES string of the molecule is COc1ccc(C(=O)Nc2[nH]ncc2C)c(O)c1. The number of amides is 1. The van der Waals surface area contributed by atoms with Crippen LogP contribution < -0.4 is 10.1 Å². The van der Waals surface area contributed by atoms with Crippen molar-refractivity contribution in [1.29, 1.82) is 0 Å². The van der Waals surface area contributed by atoms with Crippen LogP contribution in [0.25, 0.3) is 0 Å². The number of carbonyl (C=O) groups excluding carboxylic acids is 1. The summed E-state index contributed by atoms with van der Waals surface area (Å²) in [6, 6.07) is 4.48. The Morgan fingerprint density at radius 1 is 1.50 bits per heavy atom. The number of benzene rings is 1. The monoisotopic (exact) mass is 247 g/mol. The number of rotatable bonds is 3. The lowest BCUT2D eigenvalue weighted by Crippen LogP contribution is -2.13. The fourth-order valence-corrected chi connectivity index (χ4v) is 1.48. The molecule has 1 aromatic carbocycles. The van der Waals surface area contributed by atoms with E-state index in [1.54, 1.807) is 12.3 Å². The second kappa shape index (κ2) is 4.79. The third-order valence-electron chi connectivity index (χ3n) is 2.52. The van der Waals surface area contributed by atoms with Crippen molar-refractivity contribution in [3.05, 3.63) is 35.5 Å². The summed E-state index contributed by atoms with van der Waals surface area (Å²) < 4.78 is 4.95. The fraction of sp³-hybridized carbons (Fsp3) is 0.167. The Labute approximate surface area is 104 Å². The molecule has 0 aliphatic rings. The Hall–Kier alpha value is -2.50. The number of aryl methyl sites for hydroxylation is 1. The van der Waals surface area contributed by atoms with Crippen molar-refractivity contribution in [3.63, 3.8) is 0 Å². The highest BCUT2D eigenvalue weighted by molar-refractivity contribution is 6.06. The molecule has 94 valence electrons. The fourth-order valence-electron chi connectivity index (χ4n) is 1.48. The number of hydrogen-bond acceptors (Lipinski definition) is 4. The first-order valence-corrected chi connectivity index (χ1v) is 5.30. The second-order valence-corrected chi connectivity index (χ2v) is 3.77. The van der Waals surface area contributed by atoms with E-state index in [0.717, 1.165) is 5.56 Å². The molecule has 0 atom stereocenters. The van der Waals surface area contributed by atoms with Crippen molar-refractivity contribution in [2.24, 2.45) is 0 Å². The van der Waals surface area contributed by atoms with Gasteiger partial charge in [0.2, 0.25) is 0 Å². The number of aromatic nitrogens is 2. The smallest absolute Gasteiger partial charge is 0.260 e. The predicted octanol–water partition coefficient (Wildman–Crippen LogP) is 1.68. The Morgan fingerprint density at radius 3 is 2.83 bits per heavy atom. The van der Waals surface area contributed by atoms with E-state index in [4.69, 9.17) is 4.74 Å². The van der Waals surface area contributed by atoms with Gasteiger partial charge < -0.3 is 15.2 Å². The first-order chi connectivity index (χ1) is 8.61. The highest BCUT2D eigenvalue weighted by atomic mass is 16.5. The standard InChI is InChI=1S/C12H13N3O3/c1-7-6-13-15-11(7)14-12(17)9-4-3-8(18-2)5-10(9)16/h3-6,16H,1-2H3,(H2,13,14,15,17). The molecule has 0 aliphatic heterocycles. The molecule has 0 fully saturated rings. The summed E-state index contributed by atoms with van der Waals surface area (Å²) in [5.74, 6) is 0.448. The number of H-pyrrole nitrogens is 1. The maximum absolute atomic E-state index is 11.9. The van der Waals surface area contributed by atoms with Crippen LogP contribution >= 0.6 is 0 Å². The highest BCUT2D eigenvalue weighted by Gasteiger charge is 2.13. The number of aromatic hydroxyl groups is 1. The third-order valence-corrected chi connectivity index (χ3v) is 2.52. The zero-order valence-corrected chi connectivity index (χ0v) is 10.0. The molecule has 0 aliphatic carbocycles. The van der Waals surface area contributed by atoms with E-state index in [2.05, 4.69) is 15.5 Å². The van der Waals surface area contributed by atoms with Gasteiger partial charge in [0.05, 0.1) is 18.9 Å². The van der Waals surface area contributed by atoms with Gasteiger partial charge in [-0.3, -0.25) is 9.89 Å². The molecule has 18 heavy (non-hydrogen) atoms. The number of phenols is 1. The topological polar surface area (TPSA) is 87.2 Å². The van der Waals surface area contributed by atoms with Gasteiger partial charge in [-0.15, -0.1) is 0 Å². The number of carbonyl (C=O) groups is 1. The number of anilines is 1. The number of hydrogen-bond donors (Lipinski definition) is 3. The van der Waals surface area contributed by atoms with Crippen LogP contribution in [0.4, 0.5) is 5.82 Å². The minimum atomic E-state index is -0.414. The van der Waals surface area contributed by atoms with E-state index < -0.39 is 5.91 Å². The van der Waals surface area contributed by atoms with Gasteiger partial charge in [0.1, 0.15) is 17.3 Å². The molecule has 0 radical (unpaired) electrons. The Morgan fingerprint density at radius 2 is 2.28 bits per heavy atom. The van der Waals surface area contributed by atoms with Crippen LogP contribution in [0, 0.1) is 6.92 Å². The normalized spacial score (nSPS) is 10.1. The van der Waals surface area contributed by atoms with Crippen LogP contribution in [-0.2, 0) is 0 Å². The first-order valence-electron chi connectivity index (χ1n) is 5.30. The molecule has 0 unspecified atom stereocenters. The van der Waals surface area contributed by atoms with Crippen LogP contribution in [0.3, 0.4) is 0 Å². The zero-order valence-electron chi connectivity index (χ0n) is 10.0. The van der Waals surface area contributed by atoms with Crippen LogP contribution in [-0.4, -0.2) is 28.3 Å². The van der Waals surface area contributed by atoms with Crippen molar-refractivity contribution in [1.82, 2.24) is 10.2 Å². The molecular weight excluding hydrogens is 234 g/mol. The molecular formula is C12H13N3O3. The van der Waals surface area contributed by atoms with Gasteiger partial charge in [0, 0.05) is 11.6 Å². The summed E-state index contributed by atoms with van der Waals surface area (Å²) in [4.78, 5) is 11.9. The van der Waals surface area contributed by atoms with E-state index in [1.807, 2.05) is 6.92 Å². The predicted molar refractivity (Wildman–Crippen MR) is 65.9 cm³/mol. The second-order valence-electron chi connectivity index (χ2n) is 3.77. The first kappa shape index (κ1) is 12.0. The number of methoxy groups -OCH3 is 1. The van der Waals surface area contributed by atoms with E-state index >= 15 is 0 Å². The van der Waals surface area contributed by atoms with Crippen LogP contribution in [0.5, 0.6) is 11.5 Å². The minimum Gasteiger partial charge on any atom is -0.507 e. The molecule has 0 spiro atoms. The van der Waals surface area contributed by atoms with E-state index in [9.17, 15) is 9.90 Å². The molecule has 0 saturated carbocycles. The average Bonchev–Trinajstić information content (AvgIpc) is 2.74. The van der Waals surface area contributed by atoms with Gasteiger partial charge >= 0.3 is 0 Å². The maximum atomic E-state index is 11.9. The van der Waals surface area contributed by atoms with Crippen LogP contribution in [0.1, 0.15) is 15.9 Å². The molecule has 1 aromatic heterocycles. The average molecular weight is 247 g/mol. The quantitative estimate of drug-likeness (QED) is 0.770. The molecule has 1 amide bonds. The maximum Gasteiger partial charge on any atom is 0.260 e. The van der Waals surface area contributed by atoms with Gasteiger partial charge in [-0.1, -0.05) is 0 Å². The zero-order chi connectivity index (χ0) is 13.1. The number of nitrogens with one attached hydrogen (secondary N) is 2. The van der Waals surface area contributed by atoms with Crippen molar-refractivity contribution in [2.75, 3.05) is 12.4 Å².